The Bertz CT molecular complexity index is 904. The number of hydrogen-bond donors (Lipinski definition) is 0. The van der Waals surface area contributed by atoms with Gasteiger partial charge in [-0.15, -0.1) is 10.2 Å². The van der Waals surface area contributed by atoms with E-state index >= 15 is 0 Å². The molecule has 0 radical (unpaired) electrons. The van der Waals surface area contributed by atoms with Gasteiger partial charge in [0.25, 0.3) is 0 Å². The molecule has 25 heavy (non-hydrogen) atoms. The first-order valence-corrected chi connectivity index (χ1v) is 9.19. The molecule has 1 aromatic heterocycles. The fraction of sp³-hybridized carbons (Fsp3) is 0.211. The van der Waals surface area contributed by atoms with Crippen LogP contribution in [0, 0.1) is 6.92 Å². The van der Waals surface area contributed by atoms with Crippen molar-refractivity contribution < 1.29 is 4.79 Å². The van der Waals surface area contributed by atoms with E-state index in [2.05, 4.69) is 35.3 Å². The van der Waals surface area contributed by atoms with Gasteiger partial charge in [0.05, 0.1) is 5.75 Å². The predicted molar refractivity (Wildman–Crippen MR) is 99.3 cm³/mol. The summed E-state index contributed by atoms with van der Waals surface area (Å²) in [5.41, 5.74) is 4.47. The third kappa shape index (κ3) is 3.17. The van der Waals surface area contributed by atoms with E-state index in [1.165, 1.54) is 22.9 Å². The summed E-state index contributed by atoms with van der Waals surface area (Å²) >= 11 is 1.42. The van der Waals surface area contributed by atoms with Gasteiger partial charge < -0.3 is 4.90 Å². The lowest BCUT2D eigenvalue weighted by Gasteiger charge is -2.17. The van der Waals surface area contributed by atoms with Crippen molar-refractivity contribution in [3.05, 3.63) is 66.0 Å². The zero-order chi connectivity index (χ0) is 17.2. The molecule has 0 aliphatic carbocycles. The molecule has 3 aromatic rings. The Labute approximate surface area is 150 Å². The van der Waals surface area contributed by atoms with Crippen molar-refractivity contribution >= 4 is 23.4 Å². The van der Waals surface area contributed by atoms with Gasteiger partial charge in [-0.2, -0.15) is 0 Å². The maximum atomic E-state index is 12.6. The summed E-state index contributed by atoms with van der Waals surface area (Å²) in [5, 5.41) is 8.89. The molecule has 1 aliphatic rings. The highest BCUT2D eigenvalue weighted by Crippen LogP contribution is 2.29. The van der Waals surface area contributed by atoms with E-state index in [1.54, 1.807) is 6.33 Å². The molecule has 5 nitrogen and oxygen atoms in total. The molecular weight excluding hydrogens is 332 g/mol. The number of aromatic nitrogens is 3. The van der Waals surface area contributed by atoms with Crippen LogP contribution in [0.5, 0.6) is 0 Å². The SMILES string of the molecule is Cc1ccc(-n2cnnc2SCC(=O)N2CCc3ccccc32)cc1. The fourth-order valence-electron chi connectivity index (χ4n) is 3.01. The van der Waals surface area contributed by atoms with Crippen molar-refractivity contribution in [2.45, 2.75) is 18.5 Å². The molecular formula is C19H18N4OS. The van der Waals surface area contributed by atoms with E-state index in [4.69, 9.17) is 0 Å². The first-order chi connectivity index (χ1) is 12.2. The highest BCUT2D eigenvalue weighted by atomic mass is 32.2. The average molecular weight is 350 g/mol. The van der Waals surface area contributed by atoms with Gasteiger partial charge in [-0.3, -0.25) is 9.36 Å². The molecule has 0 spiro atoms. The van der Waals surface area contributed by atoms with Crippen molar-refractivity contribution in [2.24, 2.45) is 0 Å². The lowest BCUT2D eigenvalue weighted by atomic mass is 10.2. The number of nitrogens with zero attached hydrogens (tertiary/aromatic N) is 4. The fourth-order valence-corrected chi connectivity index (χ4v) is 3.81. The minimum atomic E-state index is 0.105. The molecule has 4 rings (SSSR count). The number of benzene rings is 2. The number of aryl methyl sites for hydroxylation is 1. The van der Waals surface area contributed by atoms with Crippen molar-refractivity contribution in [3.8, 4) is 5.69 Å². The third-order valence-electron chi connectivity index (χ3n) is 4.34. The molecule has 1 amide bonds. The lowest BCUT2D eigenvalue weighted by molar-refractivity contribution is -0.116. The number of hydrogen-bond acceptors (Lipinski definition) is 4. The van der Waals surface area contributed by atoms with Gasteiger partial charge in [-0.25, -0.2) is 0 Å². The van der Waals surface area contributed by atoms with Gasteiger partial charge in [-0.1, -0.05) is 47.7 Å². The number of para-hydroxylation sites is 1. The normalized spacial score (nSPS) is 13.1. The topological polar surface area (TPSA) is 51.0 Å². The Morgan fingerprint density at radius 2 is 1.96 bits per heavy atom. The van der Waals surface area contributed by atoms with Crippen LogP contribution in [0.4, 0.5) is 5.69 Å². The summed E-state index contributed by atoms with van der Waals surface area (Å²) in [4.78, 5) is 14.5. The Morgan fingerprint density at radius 3 is 2.80 bits per heavy atom. The van der Waals surface area contributed by atoms with Crippen LogP contribution in [0.25, 0.3) is 5.69 Å². The minimum absolute atomic E-state index is 0.105. The van der Waals surface area contributed by atoms with Gasteiger partial charge in [0.15, 0.2) is 5.16 Å². The number of rotatable bonds is 4. The number of carbonyl (C=O) groups is 1. The smallest absolute Gasteiger partial charge is 0.237 e. The van der Waals surface area contributed by atoms with E-state index < -0.39 is 0 Å². The Morgan fingerprint density at radius 1 is 1.16 bits per heavy atom. The Balaban J connectivity index is 1.47. The zero-order valence-corrected chi connectivity index (χ0v) is 14.7. The molecule has 0 saturated heterocycles. The van der Waals surface area contributed by atoms with Crippen LogP contribution in [0.2, 0.25) is 0 Å². The molecule has 6 heteroatoms. The van der Waals surface area contributed by atoms with Crippen LogP contribution in [0.15, 0.2) is 60.0 Å². The monoisotopic (exact) mass is 350 g/mol. The molecule has 0 bridgehead atoms. The van der Waals surface area contributed by atoms with Crippen molar-refractivity contribution in [1.82, 2.24) is 14.8 Å². The lowest BCUT2D eigenvalue weighted by Crippen LogP contribution is -2.30. The molecule has 0 N–H and O–H groups in total. The molecule has 1 aliphatic heterocycles. The summed E-state index contributed by atoms with van der Waals surface area (Å²) in [6.45, 7) is 2.81. The molecule has 126 valence electrons. The minimum Gasteiger partial charge on any atom is -0.311 e. The average Bonchev–Trinajstić information content (AvgIpc) is 3.27. The number of thioether (sulfide) groups is 1. The Hall–Kier alpha value is -2.60. The second-order valence-corrected chi connectivity index (χ2v) is 6.97. The predicted octanol–water partition coefficient (Wildman–Crippen LogP) is 3.26. The largest absolute Gasteiger partial charge is 0.311 e. The molecule has 0 unspecified atom stereocenters. The van der Waals surface area contributed by atoms with Crippen LogP contribution in [-0.2, 0) is 11.2 Å². The van der Waals surface area contributed by atoms with Gasteiger partial charge >= 0.3 is 0 Å². The van der Waals surface area contributed by atoms with Gasteiger partial charge in [0, 0.05) is 17.9 Å². The third-order valence-corrected chi connectivity index (χ3v) is 5.27. The summed E-state index contributed by atoms with van der Waals surface area (Å²) in [6, 6.07) is 16.3. The first-order valence-electron chi connectivity index (χ1n) is 8.20. The van der Waals surface area contributed by atoms with Crippen molar-refractivity contribution in [3.63, 3.8) is 0 Å². The summed E-state index contributed by atoms with van der Waals surface area (Å²) < 4.78 is 1.91. The second-order valence-electron chi connectivity index (χ2n) is 6.03. The van der Waals surface area contributed by atoms with Gasteiger partial charge in [-0.05, 0) is 37.1 Å². The highest BCUT2D eigenvalue weighted by molar-refractivity contribution is 7.99. The molecule has 0 atom stereocenters. The molecule has 2 heterocycles. The van der Waals surface area contributed by atoms with Gasteiger partial charge in [0.1, 0.15) is 6.33 Å². The van der Waals surface area contributed by atoms with Crippen molar-refractivity contribution in [1.29, 1.82) is 0 Å². The van der Waals surface area contributed by atoms with E-state index in [1.807, 2.05) is 39.8 Å². The summed E-state index contributed by atoms with van der Waals surface area (Å²) in [5.74, 6) is 0.451. The summed E-state index contributed by atoms with van der Waals surface area (Å²) in [7, 11) is 0. The van der Waals surface area contributed by atoms with E-state index in [9.17, 15) is 4.79 Å². The zero-order valence-electron chi connectivity index (χ0n) is 13.9. The van der Waals surface area contributed by atoms with Crippen LogP contribution in [0.1, 0.15) is 11.1 Å². The highest BCUT2D eigenvalue weighted by Gasteiger charge is 2.24. The van der Waals surface area contributed by atoms with Gasteiger partial charge in [0.2, 0.25) is 5.91 Å². The number of anilines is 1. The number of fused-ring (bicyclic) bond motifs is 1. The van der Waals surface area contributed by atoms with Crippen molar-refractivity contribution in [2.75, 3.05) is 17.2 Å². The maximum Gasteiger partial charge on any atom is 0.237 e. The number of carbonyl (C=O) groups excluding carboxylic acids is 1. The summed E-state index contributed by atoms with van der Waals surface area (Å²) in [6.07, 6.45) is 2.61. The van der Waals surface area contributed by atoms with Crippen LogP contribution >= 0.6 is 11.8 Å². The van der Waals surface area contributed by atoms with Crippen LogP contribution in [-0.4, -0.2) is 33.0 Å². The number of amides is 1. The first kappa shape index (κ1) is 15.9. The second kappa shape index (κ2) is 6.72. The standard InChI is InChI=1S/C19H18N4OS/c1-14-6-8-16(9-7-14)23-13-20-21-19(23)25-12-18(24)22-11-10-15-4-2-3-5-17(15)22/h2-9,13H,10-12H2,1H3. The van der Waals surface area contributed by atoms with Crippen LogP contribution < -0.4 is 4.90 Å². The van der Waals surface area contributed by atoms with E-state index in [0.29, 0.717) is 5.75 Å². The molecule has 0 fully saturated rings. The van der Waals surface area contributed by atoms with Crippen LogP contribution in [0.3, 0.4) is 0 Å². The van der Waals surface area contributed by atoms with E-state index in [0.717, 1.165) is 29.5 Å². The Kier molecular flexibility index (Phi) is 4.28. The molecule has 0 saturated carbocycles. The quantitative estimate of drug-likeness (QED) is 0.678. The maximum absolute atomic E-state index is 12.6. The molecule has 2 aromatic carbocycles. The van der Waals surface area contributed by atoms with E-state index in [-0.39, 0.29) is 5.91 Å².